The maximum atomic E-state index is 6.64. The molecule has 3 heterocycles. The van der Waals surface area contributed by atoms with Crippen molar-refractivity contribution >= 4 is 52.0 Å². The Morgan fingerprint density at radius 2 is 2.00 bits per heavy atom. The summed E-state index contributed by atoms with van der Waals surface area (Å²) < 4.78 is 6.12. The van der Waals surface area contributed by atoms with Gasteiger partial charge in [-0.1, -0.05) is 45.4 Å². The summed E-state index contributed by atoms with van der Waals surface area (Å²) >= 11 is 6.64. The van der Waals surface area contributed by atoms with Crippen molar-refractivity contribution in [1.82, 2.24) is 19.9 Å². The van der Waals surface area contributed by atoms with E-state index in [0.29, 0.717) is 45.3 Å². The number of aryl methyl sites for hydroxylation is 1. The van der Waals surface area contributed by atoms with Gasteiger partial charge >= 0.3 is 0 Å². The topological polar surface area (TPSA) is 88.4 Å². The number of halogens is 1. The molecule has 8 nitrogen and oxygen atoms in total. The molecule has 0 spiro atoms. The summed E-state index contributed by atoms with van der Waals surface area (Å²) in [7, 11) is 0. The Balaban J connectivity index is 0.00000165. The second-order valence-corrected chi connectivity index (χ2v) is 11.0. The van der Waals surface area contributed by atoms with Gasteiger partial charge in [-0.3, -0.25) is 4.99 Å². The van der Waals surface area contributed by atoms with Crippen molar-refractivity contribution < 1.29 is 4.74 Å². The third-order valence-corrected chi connectivity index (χ3v) is 8.04. The standard InChI is InChI=1S/C30H32ClN7O.C2H6/c1-4-18(2)14-32-25-13-23(9-5-19(25)3)39-27-10-7-21(12-24(27)31)36-29-28-26(34-17-35-29)15-33-30(37-28)38-16-20-6-8-22(38)11-20;1-2/h5,7,9-10,12-15,17-18,20,22H,4,6,8,11,16H2,1-3H3,(H,34,35,36);1-2H3. The number of anilines is 3. The molecule has 1 aliphatic carbocycles. The summed E-state index contributed by atoms with van der Waals surface area (Å²) in [4.78, 5) is 25.3. The van der Waals surface area contributed by atoms with Crippen molar-refractivity contribution in [1.29, 1.82) is 0 Å². The normalized spacial score (nSPS) is 18.4. The number of rotatable bonds is 8. The Bertz CT molecular complexity index is 1540. The van der Waals surface area contributed by atoms with Gasteiger partial charge in [0.2, 0.25) is 5.95 Å². The van der Waals surface area contributed by atoms with E-state index in [1.165, 1.54) is 25.6 Å². The van der Waals surface area contributed by atoms with Crippen LogP contribution >= 0.6 is 11.6 Å². The molecule has 41 heavy (non-hydrogen) atoms. The van der Waals surface area contributed by atoms with Crippen LogP contribution in [0.2, 0.25) is 5.02 Å². The van der Waals surface area contributed by atoms with Crippen molar-refractivity contribution in [3.05, 3.63) is 59.5 Å². The number of nitrogens with one attached hydrogen (secondary N) is 1. The third-order valence-electron chi connectivity index (χ3n) is 7.75. The van der Waals surface area contributed by atoms with Crippen LogP contribution in [0.4, 0.5) is 23.1 Å². The third kappa shape index (κ3) is 6.43. The quantitative estimate of drug-likeness (QED) is 0.212. The van der Waals surface area contributed by atoms with Crippen LogP contribution in [-0.4, -0.2) is 38.7 Å². The van der Waals surface area contributed by atoms with Crippen molar-refractivity contribution in [3.63, 3.8) is 0 Å². The molecule has 1 N–H and O–H groups in total. The zero-order chi connectivity index (χ0) is 28.9. The Morgan fingerprint density at radius 3 is 2.73 bits per heavy atom. The number of fused-ring (bicyclic) bond motifs is 3. The minimum atomic E-state index is 0.420. The molecule has 2 aliphatic rings. The number of ether oxygens (including phenoxy) is 1. The average molecular weight is 572 g/mol. The fraction of sp³-hybridized carbons (Fsp3) is 0.406. The fourth-order valence-electron chi connectivity index (χ4n) is 5.27. The predicted molar refractivity (Wildman–Crippen MR) is 169 cm³/mol. The molecule has 6 rings (SSSR count). The molecule has 214 valence electrons. The second-order valence-electron chi connectivity index (χ2n) is 10.6. The van der Waals surface area contributed by atoms with Crippen LogP contribution in [0, 0.1) is 18.8 Å². The molecule has 3 unspecified atom stereocenters. The van der Waals surface area contributed by atoms with Crippen LogP contribution in [0.1, 0.15) is 58.9 Å². The maximum absolute atomic E-state index is 6.64. The van der Waals surface area contributed by atoms with E-state index in [0.717, 1.165) is 41.8 Å². The molecule has 9 heteroatoms. The van der Waals surface area contributed by atoms with E-state index in [4.69, 9.17) is 21.3 Å². The number of aromatic nitrogens is 4. The van der Waals surface area contributed by atoms with Gasteiger partial charge in [0.15, 0.2) is 5.82 Å². The van der Waals surface area contributed by atoms with Gasteiger partial charge in [0, 0.05) is 30.6 Å². The van der Waals surface area contributed by atoms with Gasteiger partial charge < -0.3 is 15.0 Å². The van der Waals surface area contributed by atoms with Gasteiger partial charge in [-0.2, -0.15) is 0 Å². The van der Waals surface area contributed by atoms with Crippen molar-refractivity contribution in [2.75, 3.05) is 16.8 Å². The number of hydrogen-bond acceptors (Lipinski definition) is 8. The number of aliphatic imine (C=N–C) groups is 1. The first kappa shape index (κ1) is 28.7. The predicted octanol–water partition coefficient (Wildman–Crippen LogP) is 8.68. The molecule has 2 aromatic carbocycles. The summed E-state index contributed by atoms with van der Waals surface area (Å²) in [6.07, 6.45) is 10.1. The minimum Gasteiger partial charge on any atom is -0.456 e. The molecule has 1 aliphatic heterocycles. The van der Waals surface area contributed by atoms with E-state index in [2.05, 4.69) is 44.0 Å². The summed E-state index contributed by atoms with van der Waals surface area (Å²) in [5, 5.41) is 3.84. The SMILES string of the molecule is CC.CCC(C)C=Nc1cc(Oc2ccc(Nc3ncnc4cnc(N5CC6CCC5C6)nc34)cc2Cl)ccc1C. The van der Waals surface area contributed by atoms with Crippen molar-refractivity contribution in [3.8, 4) is 11.5 Å². The van der Waals surface area contributed by atoms with Gasteiger partial charge in [-0.05, 0) is 74.3 Å². The number of hydrogen-bond donors (Lipinski definition) is 1. The molecule has 2 bridgehead atoms. The van der Waals surface area contributed by atoms with Crippen molar-refractivity contribution in [2.45, 2.75) is 66.3 Å². The molecular weight excluding hydrogens is 534 g/mol. The van der Waals surface area contributed by atoms with Crippen LogP contribution in [0.3, 0.4) is 0 Å². The van der Waals surface area contributed by atoms with Crippen LogP contribution in [-0.2, 0) is 0 Å². The Kier molecular flexibility index (Phi) is 8.98. The molecular formula is C32H38ClN7O. The van der Waals surface area contributed by atoms with Crippen LogP contribution in [0.5, 0.6) is 11.5 Å². The molecule has 4 aromatic rings. The van der Waals surface area contributed by atoms with E-state index >= 15 is 0 Å². The molecule has 1 saturated heterocycles. The van der Waals surface area contributed by atoms with Gasteiger partial charge in [0.05, 0.1) is 16.9 Å². The molecule has 0 radical (unpaired) electrons. The zero-order valence-corrected chi connectivity index (χ0v) is 25.2. The van der Waals surface area contributed by atoms with E-state index in [9.17, 15) is 0 Å². The van der Waals surface area contributed by atoms with Gasteiger partial charge in [-0.25, -0.2) is 19.9 Å². The van der Waals surface area contributed by atoms with Gasteiger partial charge in [0.25, 0.3) is 0 Å². The highest BCUT2D eigenvalue weighted by molar-refractivity contribution is 6.32. The smallest absolute Gasteiger partial charge is 0.226 e. The van der Waals surface area contributed by atoms with Crippen LogP contribution in [0.15, 0.2) is 53.9 Å². The Labute approximate surface area is 247 Å². The first-order valence-corrected chi connectivity index (χ1v) is 15.0. The summed E-state index contributed by atoms with van der Waals surface area (Å²) in [6, 6.07) is 12.0. The highest BCUT2D eigenvalue weighted by Gasteiger charge is 2.39. The lowest BCUT2D eigenvalue weighted by atomic mass is 10.1. The molecule has 3 atom stereocenters. The van der Waals surface area contributed by atoms with Crippen LogP contribution < -0.4 is 15.0 Å². The molecule has 2 fully saturated rings. The first-order valence-electron chi connectivity index (χ1n) is 14.6. The number of benzene rings is 2. The highest BCUT2D eigenvalue weighted by atomic mass is 35.5. The number of piperidine rings is 1. The van der Waals surface area contributed by atoms with Crippen LogP contribution in [0.25, 0.3) is 11.0 Å². The number of nitrogens with zero attached hydrogens (tertiary/aromatic N) is 6. The lowest BCUT2D eigenvalue weighted by molar-refractivity contribution is 0.483. The largest absolute Gasteiger partial charge is 0.456 e. The lowest BCUT2D eigenvalue weighted by Crippen LogP contribution is -2.33. The van der Waals surface area contributed by atoms with E-state index in [1.807, 2.05) is 63.4 Å². The average Bonchev–Trinajstić information content (AvgIpc) is 3.64. The maximum Gasteiger partial charge on any atom is 0.226 e. The monoisotopic (exact) mass is 571 g/mol. The highest BCUT2D eigenvalue weighted by Crippen LogP contribution is 2.40. The van der Waals surface area contributed by atoms with E-state index < -0.39 is 0 Å². The minimum absolute atomic E-state index is 0.420. The van der Waals surface area contributed by atoms with Gasteiger partial charge in [0.1, 0.15) is 28.9 Å². The fourth-order valence-corrected chi connectivity index (χ4v) is 5.49. The zero-order valence-electron chi connectivity index (χ0n) is 24.4. The summed E-state index contributed by atoms with van der Waals surface area (Å²) in [5.74, 6) is 3.78. The summed E-state index contributed by atoms with van der Waals surface area (Å²) in [6.45, 7) is 11.4. The van der Waals surface area contributed by atoms with Crippen molar-refractivity contribution in [2.24, 2.45) is 16.8 Å². The molecule has 2 aromatic heterocycles. The summed E-state index contributed by atoms with van der Waals surface area (Å²) in [5.41, 5.74) is 4.13. The van der Waals surface area contributed by atoms with E-state index in [-0.39, 0.29) is 0 Å². The second kappa shape index (κ2) is 12.8. The van der Waals surface area contributed by atoms with E-state index in [1.54, 1.807) is 6.20 Å². The lowest BCUT2D eigenvalue weighted by Gasteiger charge is -2.26. The Hall–Kier alpha value is -3.78. The Morgan fingerprint density at radius 1 is 1.15 bits per heavy atom. The van der Waals surface area contributed by atoms with Gasteiger partial charge in [-0.15, -0.1) is 0 Å². The molecule has 0 amide bonds. The molecule has 1 saturated carbocycles. The first-order chi connectivity index (χ1) is 20.0.